The van der Waals surface area contributed by atoms with E-state index in [-0.39, 0.29) is 36.4 Å². The third-order valence-corrected chi connectivity index (χ3v) is 5.55. The predicted octanol–water partition coefficient (Wildman–Crippen LogP) is 2.33. The Morgan fingerprint density at radius 3 is 2.47 bits per heavy atom. The van der Waals surface area contributed by atoms with Crippen LogP contribution in [0.5, 0.6) is 0 Å². The average Bonchev–Trinajstić information content (AvgIpc) is 3.35. The molecule has 0 unspecified atom stereocenters. The van der Waals surface area contributed by atoms with E-state index in [0.717, 1.165) is 10.1 Å². The molecule has 3 heterocycles. The summed E-state index contributed by atoms with van der Waals surface area (Å²) in [6.07, 6.45) is 2.00. The third-order valence-electron chi connectivity index (χ3n) is 5.55. The second-order valence-electron chi connectivity index (χ2n) is 7.50. The van der Waals surface area contributed by atoms with Gasteiger partial charge < -0.3 is 5.11 Å². The Hall–Kier alpha value is -3.98. The molecule has 0 saturated carbocycles. The van der Waals surface area contributed by atoms with E-state index in [0.29, 0.717) is 11.5 Å². The van der Waals surface area contributed by atoms with Crippen LogP contribution in [0.4, 0.5) is 4.39 Å². The van der Waals surface area contributed by atoms with Crippen molar-refractivity contribution in [2.75, 3.05) is 6.61 Å². The first-order valence-electron chi connectivity index (χ1n) is 10.2. The Kier molecular flexibility index (Phi) is 4.75. The number of para-hydroxylation sites is 1. The van der Waals surface area contributed by atoms with Crippen LogP contribution in [0.3, 0.4) is 0 Å². The lowest BCUT2D eigenvalue weighted by Gasteiger charge is -2.10. The van der Waals surface area contributed by atoms with E-state index in [4.69, 9.17) is 5.11 Å². The van der Waals surface area contributed by atoms with E-state index >= 15 is 0 Å². The number of imidazole rings is 2. The Morgan fingerprint density at radius 1 is 1.03 bits per heavy atom. The van der Waals surface area contributed by atoms with Gasteiger partial charge >= 0.3 is 5.69 Å². The van der Waals surface area contributed by atoms with Crippen LogP contribution < -0.4 is 11.2 Å². The Morgan fingerprint density at radius 2 is 1.75 bits per heavy atom. The van der Waals surface area contributed by atoms with Crippen LogP contribution >= 0.6 is 0 Å². The first-order chi connectivity index (χ1) is 15.5. The number of rotatable bonds is 5. The van der Waals surface area contributed by atoms with Crippen molar-refractivity contribution in [2.45, 2.75) is 13.0 Å². The molecule has 5 aromatic rings. The van der Waals surface area contributed by atoms with Gasteiger partial charge in [0.2, 0.25) is 5.78 Å². The predicted molar refractivity (Wildman–Crippen MR) is 119 cm³/mol. The summed E-state index contributed by atoms with van der Waals surface area (Å²) in [4.78, 5) is 30.6. The molecule has 0 bridgehead atoms. The maximum absolute atomic E-state index is 14.9. The fourth-order valence-corrected chi connectivity index (χ4v) is 4.01. The highest BCUT2D eigenvalue weighted by Crippen LogP contribution is 2.29. The van der Waals surface area contributed by atoms with Crippen molar-refractivity contribution in [3.63, 3.8) is 0 Å². The van der Waals surface area contributed by atoms with Crippen LogP contribution in [-0.4, -0.2) is 34.8 Å². The standard InChI is InChI=1S/C23H20FN5O3/c1-26-20-19(21(31)27(23(26)32)12-7-13-30)28-14-18(15-8-3-2-4-9-15)29(22(28)25-20)17-11-6-5-10-16(17)24/h2-6,8-11,14,30H,7,12-13H2,1H3. The molecule has 8 nitrogen and oxygen atoms in total. The quantitative estimate of drug-likeness (QED) is 0.461. The summed E-state index contributed by atoms with van der Waals surface area (Å²) in [7, 11) is 1.54. The van der Waals surface area contributed by atoms with Crippen LogP contribution in [0.2, 0.25) is 0 Å². The number of nitrogens with zero attached hydrogens (tertiary/aromatic N) is 5. The van der Waals surface area contributed by atoms with Gasteiger partial charge in [0.15, 0.2) is 11.2 Å². The largest absolute Gasteiger partial charge is 0.396 e. The Bertz CT molecular complexity index is 1580. The van der Waals surface area contributed by atoms with Crippen molar-refractivity contribution < 1.29 is 9.50 Å². The second kappa shape index (κ2) is 7.61. The van der Waals surface area contributed by atoms with E-state index in [1.807, 2.05) is 30.3 Å². The minimum atomic E-state index is -0.516. The van der Waals surface area contributed by atoms with Crippen molar-refractivity contribution in [1.82, 2.24) is 23.1 Å². The van der Waals surface area contributed by atoms with Gasteiger partial charge in [0.1, 0.15) is 5.82 Å². The number of halogens is 1. The van der Waals surface area contributed by atoms with Gasteiger partial charge in [-0.2, -0.15) is 4.98 Å². The van der Waals surface area contributed by atoms with E-state index in [1.54, 1.807) is 33.4 Å². The molecule has 0 spiro atoms. The number of aliphatic hydroxyl groups is 1. The minimum Gasteiger partial charge on any atom is -0.396 e. The third kappa shape index (κ3) is 2.89. The van der Waals surface area contributed by atoms with Gasteiger partial charge in [-0.05, 0) is 18.6 Å². The molecule has 9 heteroatoms. The summed E-state index contributed by atoms with van der Waals surface area (Å²) in [5.74, 6) is -0.125. The first kappa shape index (κ1) is 20.0. The summed E-state index contributed by atoms with van der Waals surface area (Å²) < 4.78 is 20.5. The molecule has 1 N–H and O–H groups in total. The molecule has 162 valence electrons. The zero-order chi connectivity index (χ0) is 22.4. The molecule has 0 aliphatic heterocycles. The lowest BCUT2D eigenvalue weighted by atomic mass is 10.1. The highest BCUT2D eigenvalue weighted by Gasteiger charge is 2.23. The van der Waals surface area contributed by atoms with E-state index in [9.17, 15) is 14.0 Å². The number of fused-ring (bicyclic) bond motifs is 3. The van der Waals surface area contributed by atoms with Crippen LogP contribution in [0.15, 0.2) is 70.4 Å². The normalized spacial score (nSPS) is 11.6. The molecule has 5 rings (SSSR count). The van der Waals surface area contributed by atoms with Crippen molar-refractivity contribution in [3.05, 3.63) is 87.4 Å². The lowest BCUT2D eigenvalue weighted by molar-refractivity contribution is 0.277. The lowest BCUT2D eigenvalue weighted by Crippen LogP contribution is -2.39. The summed E-state index contributed by atoms with van der Waals surface area (Å²) in [5, 5.41) is 9.16. The zero-order valence-electron chi connectivity index (χ0n) is 17.3. The number of hydrogen-bond acceptors (Lipinski definition) is 4. The first-order valence-corrected chi connectivity index (χ1v) is 10.2. The number of aromatic nitrogens is 5. The number of aryl methyl sites for hydroxylation is 1. The fourth-order valence-electron chi connectivity index (χ4n) is 4.01. The van der Waals surface area contributed by atoms with Crippen LogP contribution in [0.25, 0.3) is 33.9 Å². The second-order valence-corrected chi connectivity index (χ2v) is 7.50. The molecule has 0 aliphatic rings. The zero-order valence-corrected chi connectivity index (χ0v) is 17.3. The summed E-state index contributed by atoms with van der Waals surface area (Å²) in [6.45, 7) is -0.0536. The Balaban J connectivity index is 1.93. The van der Waals surface area contributed by atoms with Crippen molar-refractivity contribution >= 4 is 16.9 Å². The van der Waals surface area contributed by atoms with Gasteiger partial charge in [-0.1, -0.05) is 42.5 Å². The van der Waals surface area contributed by atoms with E-state index < -0.39 is 17.1 Å². The maximum atomic E-state index is 14.9. The molecule has 2 aromatic carbocycles. The van der Waals surface area contributed by atoms with Gasteiger partial charge in [-0.15, -0.1) is 0 Å². The summed E-state index contributed by atoms with van der Waals surface area (Å²) in [6, 6.07) is 15.8. The molecular formula is C23H20FN5O3. The molecule has 3 aromatic heterocycles. The molecule has 0 atom stereocenters. The SMILES string of the molecule is Cn1c(=O)n(CCCO)c(=O)c2c1nc1n(-c3ccccc3F)c(-c3ccccc3)cn21. The molecule has 0 amide bonds. The number of aliphatic hydroxyl groups excluding tert-OH is 1. The Labute approximate surface area is 181 Å². The fraction of sp³-hybridized carbons (Fsp3) is 0.174. The van der Waals surface area contributed by atoms with Crippen LogP contribution in [0.1, 0.15) is 6.42 Å². The average molecular weight is 433 g/mol. The molecule has 0 radical (unpaired) electrons. The minimum absolute atomic E-state index is 0.0880. The number of hydrogen-bond donors (Lipinski definition) is 1. The van der Waals surface area contributed by atoms with Crippen molar-refractivity contribution in [1.29, 1.82) is 0 Å². The van der Waals surface area contributed by atoms with Gasteiger partial charge in [0, 0.05) is 32.0 Å². The molecule has 0 fully saturated rings. The summed E-state index contributed by atoms with van der Waals surface area (Å²) >= 11 is 0. The molecule has 0 saturated heterocycles. The highest BCUT2D eigenvalue weighted by molar-refractivity contribution is 5.79. The van der Waals surface area contributed by atoms with Gasteiger partial charge in [0.05, 0.1) is 11.4 Å². The van der Waals surface area contributed by atoms with Gasteiger partial charge in [-0.25, -0.2) is 9.18 Å². The molecule has 0 aliphatic carbocycles. The van der Waals surface area contributed by atoms with E-state index in [2.05, 4.69) is 4.98 Å². The van der Waals surface area contributed by atoms with Crippen molar-refractivity contribution in [2.24, 2.45) is 7.05 Å². The monoisotopic (exact) mass is 433 g/mol. The van der Waals surface area contributed by atoms with Crippen LogP contribution in [-0.2, 0) is 13.6 Å². The number of benzene rings is 2. The topological polar surface area (TPSA) is 86.5 Å². The molecule has 32 heavy (non-hydrogen) atoms. The molecular weight excluding hydrogens is 413 g/mol. The van der Waals surface area contributed by atoms with Crippen LogP contribution in [0, 0.1) is 5.82 Å². The summed E-state index contributed by atoms with van der Waals surface area (Å²) in [5.41, 5.74) is 1.15. The van der Waals surface area contributed by atoms with Gasteiger partial charge in [-0.3, -0.25) is 22.9 Å². The maximum Gasteiger partial charge on any atom is 0.332 e. The van der Waals surface area contributed by atoms with Crippen molar-refractivity contribution in [3.8, 4) is 16.9 Å². The van der Waals surface area contributed by atoms with E-state index in [1.165, 1.54) is 17.7 Å². The smallest absolute Gasteiger partial charge is 0.332 e. The van der Waals surface area contributed by atoms with Gasteiger partial charge in [0.25, 0.3) is 5.56 Å². The highest BCUT2D eigenvalue weighted by atomic mass is 19.1.